The van der Waals surface area contributed by atoms with Crippen molar-refractivity contribution in [1.29, 1.82) is 0 Å². The van der Waals surface area contributed by atoms with Crippen LogP contribution < -0.4 is 0 Å². The van der Waals surface area contributed by atoms with Crippen LogP contribution in [0.5, 0.6) is 5.75 Å². The zero-order valence-electron chi connectivity index (χ0n) is 9.76. The molecule has 17 heavy (non-hydrogen) atoms. The molecule has 1 fully saturated rings. The number of pyridine rings is 1. The Morgan fingerprint density at radius 2 is 2.35 bits per heavy atom. The summed E-state index contributed by atoms with van der Waals surface area (Å²) in [4.78, 5) is 17.3. The summed E-state index contributed by atoms with van der Waals surface area (Å²) < 4.78 is 0. The van der Waals surface area contributed by atoms with Crippen LogP contribution in [-0.2, 0) is 0 Å². The number of aromatic hydroxyl groups is 1. The van der Waals surface area contributed by atoms with E-state index in [-0.39, 0.29) is 17.2 Å². The number of carboxylic acids is 1. The van der Waals surface area contributed by atoms with Gasteiger partial charge in [-0.3, -0.25) is 4.98 Å². The van der Waals surface area contributed by atoms with Gasteiger partial charge in [0.1, 0.15) is 11.3 Å². The molecule has 1 aromatic rings. The average Bonchev–Trinajstić information content (AvgIpc) is 2.29. The van der Waals surface area contributed by atoms with Gasteiger partial charge in [-0.2, -0.15) is 0 Å². The lowest BCUT2D eigenvalue weighted by atomic mass is 9.94. The predicted molar refractivity (Wildman–Crippen MR) is 62.3 cm³/mol. The molecule has 1 aliphatic heterocycles. The number of likely N-dealkylation sites (N-methyl/N-ethyl adjacent to an activating group) is 1. The minimum atomic E-state index is -1.12. The number of likely N-dealkylation sites (tertiary alicyclic amines) is 1. The molecule has 0 aromatic carbocycles. The van der Waals surface area contributed by atoms with Gasteiger partial charge in [-0.15, -0.1) is 0 Å². The van der Waals surface area contributed by atoms with Gasteiger partial charge in [0.25, 0.3) is 0 Å². The zero-order valence-corrected chi connectivity index (χ0v) is 9.76. The number of hydrogen-bond donors (Lipinski definition) is 2. The van der Waals surface area contributed by atoms with Crippen LogP contribution in [-0.4, -0.2) is 46.2 Å². The van der Waals surface area contributed by atoms with E-state index in [9.17, 15) is 9.90 Å². The topological polar surface area (TPSA) is 73.7 Å². The van der Waals surface area contributed by atoms with Crippen molar-refractivity contribution in [2.75, 3.05) is 20.1 Å². The van der Waals surface area contributed by atoms with Crippen LogP contribution >= 0.6 is 0 Å². The molecule has 5 heteroatoms. The van der Waals surface area contributed by atoms with Crippen molar-refractivity contribution < 1.29 is 15.0 Å². The van der Waals surface area contributed by atoms with Crippen LogP contribution in [0.3, 0.4) is 0 Å². The van der Waals surface area contributed by atoms with Gasteiger partial charge in [-0.25, -0.2) is 4.79 Å². The second-order valence-electron chi connectivity index (χ2n) is 4.53. The third kappa shape index (κ3) is 2.55. The number of piperidine rings is 1. The Labute approximate surface area is 99.7 Å². The summed E-state index contributed by atoms with van der Waals surface area (Å²) in [5, 5.41) is 18.3. The average molecular weight is 236 g/mol. The Morgan fingerprint density at radius 3 is 3.00 bits per heavy atom. The number of rotatable bonds is 2. The highest BCUT2D eigenvalue weighted by atomic mass is 16.4. The Bertz CT molecular complexity index is 434. The highest BCUT2D eigenvalue weighted by Crippen LogP contribution is 2.27. The summed E-state index contributed by atoms with van der Waals surface area (Å²) in [5.41, 5.74) is 0.690. The molecular formula is C12H16N2O3. The van der Waals surface area contributed by atoms with E-state index in [4.69, 9.17) is 5.11 Å². The number of carbonyl (C=O) groups is 1. The van der Waals surface area contributed by atoms with Crippen LogP contribution in [0.25, 0.3) is 0 Å². The van der Waals surface area contributed by atoms with Gasteiger partial charge in [0, 0.05) is 18.2 Å². The van der Waals surface area contributed by atoms with Gasteiger partial charge in [-0.05, 0) is 32.5 Å². The van der Waals surface area contributed by atoms with E-state index in [1.165, 1.54) is 12.3 Å². The van der Waals surface area contributed by atoms with Crippen LogP contribution in [0, 0.1) is 0 Å². The molecule has 1 aromatic heterocycles. The molecule has 1 aliphatic rings. The maximum Gasteiger partial charge on any atom is 0.339 e. The molecule has 1 atom stereocenters. The van der Waals surface area contributed by atoms with Crippen molar-refractivity contribution in [2.24, 2.45) is 0 Å². The molecule has 2 N–H and O–H groups in total. The van der Waals surface area contributed by atoms with E-state index < -0.39 is 5.97 Å². The summed E-state index contributed by atoms with van der Waals surface area (Å²) in [6.07, 6.45) is 3.33. The first kappa shape index (κ1) is 11.9. The quantitative estimate of drug-likeness (QED) is 0.809. The van der Waals surface area contributed by atoms with E-state index in [0.717, 1.165) is 31.6 Å². The maximum atomic E-state index is 10.9. The van der Waals surface area contributed by atoms with E-state index >= 15 is 0 Å². The van der Waals surface area contributed by atoms with Gasteiger partial charge in [0.2, 0.25) is 0 Å². The second kappa shape index (κ2) is 4.71. The number of nitrogens with zero attached hydrogens (tertiary/aromatic N) is 2. The molecule has 92 valence electrons. The molecule has 1 unspecified atom stereocenters. The Balaban J connectivity index is 2.26. The van der Waals surface area contributed by atoms with Crippen LogP contribution in [0.2, 0.25) is 0 Å². The fraction of sp³-hybridized carbons (Fsp3) is 0.500. The minimum Gasteiger partial charge on any atom is -0.505 e. The van der Waals surface area contributed by atoms with Gasteiger partial charge in [-0.1, -0.05) is 0 Å². The lowest BCUT2D eigenvalue weighted by Crippen LogP contribution is -2.31. The van der Waals surface area contributed by atoms with Crippen molar-refractivity contribution in [2.45, 2.75) is 18.8 Å². The standard InChI is InChI=1S/C12H16N2O3/c1-14-4-2-3-8(7-14)10-5-9(12(16)17)11(15)6-13-10/h5-6,8,15H,2-4,7H2,1H3,(H,16,17). The van der Waals surface area contributed by atoms with Crippen molar-refractivity contribution in [1.82, 2.24) is 9.88 Å². The molecule has 2 heterocycles. The van der Waals surface area contributed by atoms with Gasteiger partial charge in [0.05, 0.1) is 6.20 Å². The molecule has 5 nitrogen and oxygen atoms in total. The lowest BCUT2D eigenvalue weighted by molar-refractivity contribution is 0.0693. The molecule has 1 saturated heterocycles. The normalized spacial score (nSPS) is 21.4. The molecule has 2 rings (SSSR count). The highest BCUT2D eigenvalue weighted by molar-refractivity contribution is 5.90. The molecular weight excluding hydrogens is 220 g/mol. The number of carboxylic acid groups (broad SMARTS) is 1. The van der Waals surface area contributed by atoms with Crippen LogP contribution in [0.1, 0.15) is 34.8 Å². The van der Waals surface area contributed by atoms with Crippen molar-refractivity contribution in [3.05, 3.63) is 23.5 Å². The van der Waals surface area contributed by atoms with E-state index in [2.05, 4.69) is 9.88 Å². The lowest BCUT2D eigenvalue weighted by Gasteiger charge is -2.29. The third-order valence-electron chi connectivity index (χ3n) is 3.18. The van der Waals surface area contributed by atoms with Crippen molar-refractivity contribution in [3.8, 4) is 5.75 Å². The first-order valence-corrected chi connectivity index (χ1v) is 5.68. The maximum absolute atomic E-state index is 10.9. The zero-order chi connectivity index (χ0) is 12.4. The molecule has 0 amide bonds. The van der Waals surface area contributed by atoms with Gasteiger partial charge < -0.3 is 15.1 Å². The monoisotopic (exact) mass is 236 g/mol. The fourth-order valence-electron chi connectivity index (χ4n) is 2.27. The molecule has 0 aliphatic carbocycles. The molecule has 0 spiro atoms. The first-order valence-electron chi connectivity index (χ1n) is 5.68. The highest BCUT2D eigenvalue weighted by Gasteiger charge is 2.22. The SMILES string of the molecule is CN1CCCC(c2cc(C(=O)O)c(O)cn2)C1. The minimum absolute atomic E-state index is 0.0665. The molecule has 0 radical (unpaired) electrons. The van der Waals surface area contributed by atoms with Gasteiger partial charge in [0.15, 0.2) is 0 Å². The predicted octanol–water partition coefficient (Wildman–Crippen LogP) is 1.29. The summed E-state index contributed by atoms with van der Waals surface area (Å²) in [6.45, 7) is 1.96. The van der Waals surface area contributed by atoms with E-state index in [1.807, 2.05) is 7.05 Å². The number of aromatic carboxylic acids is 1. The smallest absolute Gasteiger partial charge is 0.339 e. The third-order valence-corrected chi connectivity index (χ3v) is 3.18. The van der Waals surface area contributed by atoms with E-state index in [0.29, 0.717) is 0 Å². The summed E-state index contributed by atoms with van der Waals surface area (Å²) >= 11 is 0. The fourth-order valence-corrected chi connectivity index (χ4v) is 2.27. The van der Waals surface area contributed by atoms with Crippen molar-refractivity contribution in [3.63, 3.8) is 0 Å². The van der Waals surface area contributed by atoms with Crippen LogP contribution in [0.15, 0.2) is 12.3 Å². The second-order valence-corrected chi connectivity index (χ2v) is 4.53. The van der Waals surface area contributed by atoms with Gasteiger partial charge >= 0.3 is 5.97 Å². The number of aromatic nitrogens is 1. The Morgan fingerprint density at radius 1 is 1.59 bits per heavy atom. The largest absolute Gasteiger partial charge is 0.505 e. The van der Waals surface area contributed by atoms with Crippen LogP contribution in [0.4, 0.5) is 0 Å². The first-order chi connectivity index (χ1) is 8.08. The number of hydrogen-bond acceptors (Lipinski definition) is 4. The summed E-state index contributed by atoms with van der Waals surface area (Å²) in [6, 6.07) is 1.49. The molecule has 0 bridgehead atoms. The Hall–Kier alpha value is -1.62. The summed E-state index contributed by atoms with van der Waals surface area (Å²) in [5.74, 6) is -1.13. The Kier molecular flexibility index (Phi) is 3.28. The van der Waals surface area contributed by atoms with Crippen molar-refractivity contribution >= 4 is 5.97 Å². The molecule has 0 saturated carbocycles. The summed E-state index contributed by atoms with van der Waals surface area (Å²) in [7, 11) is 2.05. The van der Waals surface area contributed by atoms with E-state index in [1.54, 1.807) is 0 Å².